The Morgan fingerprint density at radius 2 is 1.22 bits per heavy atom. The van der Waals surface area contributed by atoms with Gasteiger partial charge in [0.05, 0.1) is 28.9 Å². The first-order chi connectivity index (χ1) is 27.2. The van der Waals surface area contributed by atoms with Crippen LogP contribution in [0.15, 0.2) is 83.5 Å². The van der Waals surface area contributed by atoms with Crippen molar-refractivity contribution in [2.75, 3.05) is 0 Å². The maximum atomic E-state index is 6.68. The van der Waals surface area contributed by atoms with Crippen LogP contribution in [0, 0.1) is 29.1 Å². The standard InChI is InChI=1S/C51H41N3O/c1-2-6-34-26(5-1)18-41-47(35-7-3-4-8-40(35)55-41)42(34)28-16-36-45-38(22-52-48-29-12-24-9-25(13-29)11-27(10-24)43(45)48)54-39-23-53-49-31-15-33-19-32-14-30(20-51(32,33)21-31)44(49)46(39)37(17-28)50(36)54/h1-8,16-18,22-25,27,29-33H,9-15,19-21H2. The van der Waals surface area contributed by atoms with Crippen molar-refractivity contribution >= 4 is 70.8 Å². The third-order valence-corrected chi connectivity index (χ3v) is 17.6. The lowest BCUT2D eigenvalue weighted by Gasteiger charge is -2.48. The molecule has 0 aliphatic heterocycles. The van der Waals surface area contributed by atoms with E-state index < -0.39 is 0 Å². The van der Waals surface area contributed by atoms with Crippen LogP contribution in [0.25, 0.3) is 81.9 Å². The zero-order chi connectivity index (χ0) is 35.1. The second kappa shape index (κ2) is 9.18. The van der Waals surface area contributed by atoms with E-state index in [0.717, 1.165) is 34.8 Å². The largest absolute Gasteiger partial charge is 0.456 e. The molecule has 1 spiro atoms. The average Bonchev–Trinajstić information content (AvgIpc) is 3.94. The molecule has 7 unspecified atom stereocenters. The number of benzene rings is 4. The summed E-state index contributed by atoms with van der Waals surface area (Å²) in [7, 11) is 0. The second-order valence-electron chi connectivity index (χ2n) is 19.8. The molecule has 0 N–H and O–H groups in total. The molecule has 0 saturated heterocycles. The predicted molar refractivity (Wildman–Crippen MR) is 220 cm³/mol. The molecule has 8 aliphatic rings. The van der Waals surface area contributed by atoms with Gasteiger partial charge in [-0.25, -0.2) is 0 Å². The van der Waals surface area contributed by atoms with E-state index in [-0.39, 0.29) is 0 Å². The van der Waals surface area contributed by atoms with Crippen LogP contribution >= 0.6 is 0 Å². The van der Waals surface area contributed by atoms with Gasteiger partial charge in [-0.15, -0.1) is 0 Å². The molecule has 7 bridgehead atoms. The quantitative estimate of drug-likeness (QED) is 0.170. The molecule has 5 saturated carbocycles. The van der Waals surface area contributed by atoms with Crippen molar-refractivity contribution < 1.29 is 4.42 Å². The number of nitrogens with zero attached hydrogens (tertiary/aromatic N) is 3. The van der Waals surface area contributed by atoms with Gasteiger partial charge in [0.25, 0.3) is 0 Å². The van der Waals surface area contributed by atoms with Gasteiger partial charge in [-0.1, -0.05) is 42.5 Å². The highest BCUT2D eigenvalue weighted by Gasteiger charge is 2.66. The van der Waals surface area contributed by atoms with E-state index in [9.17, 15) is 0 Å². The van der Waals surface area contributed by atoms with E-state index >= 15 is 0 Å². The minimum atomic E-state index is 0.595. The fourth-order valence-electron chi connectivity index (χ4n) is 16.0. The molecule has 266 valence electrons. The monoisotopic (exact) mass is 711 g/mol. The first-order valence-corrected chi connectivity index (χ1v) is 21.5. The second-order valence-corrected chi connectivity index (χ2v) is 19.8. The lowest BCUT2D eigenvalue weighted by molar-refractivity contribution is 0.00321. The molecule has 4 nitrogen and oxygen atoms in total. The molecule has 17 rings (SSSR count). The molecule has 4 heteroatoms. The number of hydrogen-bond acceptors (Lipinski definition) is 3. The van der Waals surface area contributed by atoms with E-state index in [1.54, 1.807) is 11.1 Å². The molecule has 9 aromatic rings. The van der Waals surface area contributed by atoms with Gasteiger partial charge in [0.2, 0.25) is 0 Å². The molecular formula is C51H41N3O. The number of aromatic nitrogens is 3. The molecular weight excluding hydrogens is 671 g/mol. The highest BCUT2D eigenvalue weighted by molar-refractivity contribution is 6.28. The Balaban J connectivity index is 1.11. The third kappa shape index (κ3) is 3.17. The summed E-state index contributed by atoms with van der Waals surface area (Å²) < 4.78 is 9.33. The lowest BCUT2D eigenvalue weighted by atomic mass is 9.56. The zero-order valence-electron chi connectivity index (χ0n) is 30.9. The minimum Gasteiger partial charge on any atom is -0.456 e. The van der Waals surface area contributed by atoms with Crippen molar-refractivity contribution in [3.05, 3.63) is 102 Å². The summed E-state index contributed by atoms with van der Waals surface area (Å²) in [6.07, 6.45) is 18.3. The Hall–Kier alpha value is -4.96. The Kier molecular flexibility index (Phi) is 4.75. The van der Waals surface area contributed by atoms with Crippen LogP contribution in [0.5, 0.6) is 0 Å². The van der Waals surface area contributed by atoms with E-state index in [2.05, 4.69) is 83.5 Å². The van der Waals surface area contributed by atoms with E-state index in [1.807, 2.05) is 0 Å². The SMILES string of the molecule is c1ccc2c(-c3cc4c5c6c(ncc5n5c7cnc8c(c7c(c3)c45)C3CC4CC5CC8CC54C3)C3CC4CC(C3)CC6C4)c3c(cc2c1)oc1ccccc13. The number of rotatable bonds is 1. The number of para-hydroxylation sites is 1. The van der Waals surface area contributed by atoms with Crippen LogP contribution < -0.4 is 0 Å². The van der Waals surface area contributed by atoms with Gasteiger partial charge in [-0.05, 0) is 157 Å². The molecule has 7 atom stereocenters. The predicted octanol–water partition coefficient (Wildman–Crippen LogP) is 13.1. The van der Waals surface area contributed by atoms with Crippen LogP contribution in [0.3, 0.4) is 0 Å². The molecule has 55 heavy (non-hydrogen) atoms. The van der Waals surface area contributed by atoms with Crippen molar-refractivity contribution in [2.45, 2.75) is 87.9 Å². The Bertz CT molecular complexity index is 3240. The van der Waals surface area contributed by atoms with Crippen molar-refractivity contribution in [1.29, 1.82) is 0 Å². The molecule has 8 aliphatic carbocycles. The van der Waals surface area contributed by atoms with E-state index in [0.29, 0.717) is 29.1 Å². The van der Waals surface area contributed by atoms with Crippen molar-refractivity contribution in [1.82, 2.24) is 14.4 Å². The number of furan rings is 1. The third-order valence-electron chi connectivity index (χ3n) is 17.6. The van der Waals surface area contributed by atoms with Crippen molar-refractivity contribution in [3.8, 4) is 11.1 Å². The molecule has 4 aromatic carbocycles. The Morgan fingerprint density at radius 1 is 0.564 bits per heavy atom. The van der Waals surface area contributed by atoms with Gasteiger partial charge in [-0.2, -0.15) is 0 Å². The van der Waals surface area contributed by atoms with Gasteiger partial charge in [0.1, 0.15) is 11.2 Å². The molecule has 5 fully saturated rings. The molecule has 0 amide bonds. The highest BCUT2D eigenvalue weighted by atomic mass is 16.3. The fraction of sp³-hybridized carbons (Fsp3) is 0.373. The van der Waals surface area contributed by atoms with Gasteiger partial charge in [-0.3, -0.25) is 9.97 Å². The summed E-state index contributed by atoms with van der Waals surface area (Å²) in [5.41, 5.74) is 15.3. The summed E-state index contributed by atoms with van der Waals surface area (Å²) in [4.78, 5) is 11.1. The first-order valence-electron chi connectivity index (χ1n) is 21.5. The molecule has 5 heterocycles. The van der Waals surface area contributed by atoms with Gasteiger partial charge in [0.15, 0.2) is 0 Å². The molecule has 5 aromatic heterocycles. The Morgan fingerprint density at radius 3 is 2.02 bits per heavy atom. The molecule has 0 radical (unpaired) electrons. The van der Waals surface area contributed by atoms with Gasteiger partial charge < -0.3 is 8.82 Å². The zero-order valence-corrected chi connectivity index (χ0v) is 30.9. The summed E-state index contributed by atoms with van der Waals surface area (Å²) in [6.45, 7) is 0. The van der Waals surface area contributed by atoms with Crippen LogP contribution in [0.2, 0.25) is 0 Å². The fourth-order valence-corrected chi connectivity index (χ4v) is 16.0. The van der Waals surface area contributed by atoms with Gasteiger partial charge in [0, 0.05) is 61.1 Å². The Labute approximate surface area is 318 Å². The number of hydrogen-bond donors (Lipinski definition) is 0. The van der Waals surface area contributed by atoms with E-state index in [1.165, 1.54) is 146 Å². The van der Waals surface area contributed by atoms with Gasteiger partial charge >= 0.3 is 0 Å². The first kappa shape index (κ1) is 28.4. The normalized spacial score (nSPS) is 32.4. The highest BCUT2D eigenvalue weighted by Crippen LogP contribution is 2.76. The number of pyridine rings is 2. The maximum Gasteiger partial charge on any atom is 0.136 e. The van der Waals surface area contributed by atoms with Crippen LogP contribution in [0.1, 0.15) is 110 Å². The topological polar surface area (TPSA) is 43.3 Å². The van der Waals surface area contributed by atoms with Crippen LogP contribution in [-0.2, 0) is 0 Å². The summed E-state index contributed by atoms with van der Waals surface area (Å²) in [5, 5.41) is 10.8. The summed E-state index contributed by atoms with van der Waals surface area (Å²) in [6, 6.07) is 25.2. The maximum absolute atomic E-state index is 6.68. The summed E-state index contributed by atoms with van der Waals surface area (Å²) in [5.74, 6) is 6.03. The summed E-state index contributed by atoms with van der Waals surface area (Å²) >= 11 is 0. The lowest BCUT2D eigenvalue weighted by Crippen LogP contribution is -2.41. The van der Waals surface area contributed by atoms with Crippen LogP contribution in [0.4, 0.5) is 0 Å². The smallest absolute Gasteiger partial charge is 0.136 e. The minimum absolute atomic E-state index is 0.595. The average molecular weight is 712 g/mol. The van der Waals surface area contributed by atoms with E-state index in [4.69, 9.17) is 14.4 Å². The van der Waals surface area contributed by atoms with Crippen molar-refractivity contribution in [2.24, 2.45) is 29.1 Å². The van der Waals surface area contributed by atoms with Crippen molar-refractivity contribution in [3.63, 3.8) is 0 Å². The van der Waals surface area contributed by atoms with Crippen LogP contribution in [-0.4, -0.2) is 14.4 Å². The number of fused-ring (bicyclic) bond motifs is 16.